The van der Waals surface area contributed by atoms with Crippen molar-refractivity contribution in [1.82, 2.24) is 0 Å². The Balaban J connectivity index is 2.60. The van der Waals surface area contributed by atoms with Crippen LogP contribution in [0.3, 0.4) is 0 Å². The van der Waals surface area contributed by atoms with Crippen LogP contribution in [0, 0.1) is 15.2 Å². The molecule has 0 atom stereocenters. The fourth-order valence-electron chi connectivity index (χ4n) is 1.15. The van der Waals surface area contributed by atoms with Crippen molar-refractivity contribution >= 4 is 44.5 Å². The zero-order valence-electron chi connectivity index (χ0n) is 7.36. The highest BCUT2D eigenvalue weighted by atomic mass is 35.5. The van der Waals surface area contributed by atoms with E-state index in [2.05, 4.69) is 6.07 Å². The molecule has 15 heavy (non-hydrogen) atoms. The molecular weight excluding hydrogens is 266 g/mol. The average Bonchev–Trinajstić information content (AvgIpc) is 2.61. The van der Waals surface area contributed by atoms with Crippen molar-refractivity contribution < 1.29 is 0 Å². The molecule has 0 aliphatic rings. The van der Waals surface area contributed by atoms with Crippen LogP contribution in [-0.4, -0.2) is 0 Å². The lowest BCUT2D eigenvalue weighted by Crippen LogP contribution is -1.76. The van der Waals surface area contributed by atoms with Crippen molar-refractivity contribution in [2.24, 2.45) is 0 Å². The molecule has 0 fully saturated rings. The summed E-state index contributed by atoms with van der Waals surface area (Å²) in [7, 11) is 2.99. The van der Waals surface area contributed by atoms with Crippen LogP contribution in [0.4, 0.5) is 0 Å². The number of nitrogens with zero attached hydrogens (tertiary/aromatic N) is 1. The van der Waals surface area contributed by atoms with Gasteiger partial charge in [0.25, 0.3) is 0 Å². The van der Waals surface area contributed by atoms with E-state index in [0.717, 1.165) is 10.4 Å². The lowest BCUT2D eigenvalue weighted by atomic mass is 10.1. The maximum atomic E-state index is 8.97. The van der Waals surface area contributed by atoms with E-state index in [1.54, 1.807) is 0 Å². The van der Waals surface area contributed by atoms with Gasteiger partial charge in [0.1, 0.15) is 9.89 Å². The summed E-state index contributed by atoms with van der Waals surface area (Å²) in [6.45, 7) is 0. The van der Waals surface area contributed by atoms with Crippen LogP contribution in [-0.2, 0) is 0 Å². The molecule has 5 heteroatoms. The van der Waals surface area contributed by atoms with E-state index in [0.29, 0.717) is 14.4 Å². The van der Waals surface area contributed by atoms with Gasteiger partial charge in [-0.2, -0.15) is 5.26 Å². The minimum absolute atomic E-state index is 0.599. The first-order valence-electron chi connectivity index (χ1n) is 4.01. The zero-order chi connectivity index (χ0) is 10.8. The van der Waals surface area contributed by atoms with Gasteiger partial charge in [-0.15, -0.1) is 0 Å². The summed E-state index contributed by atoms with van der Waals surface area (Å²) in [5, 5.41) is 9.67. The van der Waals surface area contributed by atoms with Crippen molar-refractivity contribution in [3.8, 4) is 16.5 Å². The number of hydrogen-bond donors (Lipinski definition) is 0. The standard InChI is InChI=1S/C10H4ClNS3/c11-7-3-1-6(2-4-7)9-8(5-12)10(13)15-14-9/h1-4H. The molecule has 1 aromatic carbocycles. The predicted molar refractivity (Wildman–Crippen MR) is 68.2 cm³/mol. The Labute approximate surface area is 105 Å². The second kappa shape index (κ2) is 4.42. The molecule has 0 bridgehead atoms. The minimum atomic E-state index is 0.599. The molecule has 1 aromatic heterocycles. The number of hydrogen-bond acceptors (Lipinski definition) is 4. The first kappa shape index (κ1) is 10.8. The molecule has 74 valence electrons. The molecule has 0 radical (unpaired) electrons. The highest BCUT2D eigenvalue weighted by molar-refractivity contribution is 7.80. The van der Waals surface area contributed by atoms with Gasteiger partial charge >= 0.3 is 0 Å². The molecule has 0 N–H and O–H groups in total. The van der Waals surface area contributed by atoms with Gasteiger partial charge in [-0.25, -0.2) is 0 Å². The Kier molecular flexibility index (Phi) is 3.17. The van der Waals surface area contributed by atoms with E-state index in [1.807, 2.05) is 24.3 Å². The molecule has 1 nitrogen and oxygen atoms in total. The van der Waals surface area contributed by atoms with E-state index < -0.39 is 0 Å². The molecule has 0 unspecified atom stereocenters. The fourth-order valence-corrected chi connectivity index (χ4v) is 3.97. The second-order valence-corrected chi connectivity index (χ2v) is 6.03. The number of benzene rings is 1. The molecule has 1 heterocycles. The maximum absolute atomic E-state index is 8.97. The molecule has 0 amide bonds. The van der Waals surface area contributed by atoms with Gasteiger partial charge in [0.15, 0.2) is 0 Å². The first-order chi connectivity index (χ1) is 7.22. The molecule has 0 aliphatic heterocycles. The Morgan fingerprint density at radius 1 is 1.20 bits per heavy atom. The lowest BCUT2D eigenvalue weighted by Gasteiger charge is -1.97. The van der Waals surface area contributed by atoms with E-state index in [9.17, 15) is 0 Å². The average molecular weight is 270 g/mol. The van der Waals surface area contributed by atoms with Gasteiger partial charge in [0.05, 0.1) is 10.4 Å². The van der Waals surface area contributed by atoms with E-state index in [-0.39, 0.29) is 0 Å². The molecule has 2 rings (SSSR count). The quantitative estimate of drug-likeness (QED) is 0.552. The van der Waals surface area contributed by atoms with Crippen LogP contribution in [0.2, 0.25) is 5.02 Å². The highest BCUT2D eigenvalue weighted by Gasteiger charge is 2.09. The van der Waals surface area contributed by atoms with Gasteiger partial charge in [0.2, 0.25) is 0 Å². The number of halogens is 1. The van der Waals surface area contributed by atoms with Gasteiger partial charge in [-0.05, 0) is 17.7 Å². The van der Waals surface area contributed by atoms with Crippen LogP contribution >= 0.6 is 44.5 Å². The molecule has 0 saturated carbocycles. The predicted octanol–water partition coefficient (Wildman–Crippen LogP) is 4.73. The third kappa shape index (κ3) is 2.11. The van der Waals surface area contributed by atoms with Crippen LogP contribution in [0.5, 0.6) is 0 Å². The van der Waals surface area contributed by atoms with E-state index in [1.165, 1.54) is 20.7 Å². The zero-order valence-corrected chi connectivity index (χ0v) is 10.6. The summed E-state index contributed by atoms with van der Waals surface area (Å²) in [6, 6.07) is 9.56. The lowest BCUT2D eigenvalue weighted by molar-refractivity contribution is 1.50. The number of nitriles is 1. The van der Waals surface area contributed by atoms with Gasteiger partial charge in [-0.1, -0.05) is 56.6 Å². The van der Waals surface area contributed by atoms with Crippen LogP contribution in [0.1, 0.15) is 5.56 Å². The number of rotatable bonds is 1. The highest BCUT2D eigenvalue weighted by Crippen LogP contribution is 2.34. The summed E-state index contributed by atoms with van der Waals surface area (Å²) >= 11 is 10.9. The van der Waals surface area contributed by atoms with Gasteiger partial charge in [0, 0.05) is 5.02 Å². The molecule has 0 saturated heterocycles. The smallest absolute Gasteiger partial charge is 0.120 e. The van der Waals surface area contributed by atoms with Crippen molar-refractivity contribution in [2.45, 2.75) is 0 Å². The molecule has 0 aliphatic carbocycles. The normalized spacial score (nSPS) is 9.87. The topological polar surface area (TPSA) is 23.8 Å². The van der Waals surface area contributed by atoms with Crippen molar-refractivity contribution in [3.05, 3.63) is 38.7 Å². The monoisotopic (exact) mass is 269 g/mol. The molecule has 2 aromatic rings. The summed E-state index contributed by atoms with van der Waals surface area (Å²) in [5.41, 5.74) is 1.59. The summed E-state index contributed by atoms with van der Waals surface area (Å²) in [5.74, 6) is 0. The van der Waals surface area contributed by atoms with Crippen LogP contribution in [0.15, 0.2) is 24.3 Å². The third-order valence-electron chi connectivity index (χ3n) is 1.85. The molecule has 0 spiro atoms. The fraction of sp³-hybridized carbons (Fsp3) is 0. The third-order valence-corrected chi connectivity index (χ3v) is 5.17. The largest absolute Gasteiger partial charge is 0.192 e. The maximum Gasteiger partial charge on any atom is 0.120 e. The Morgan fingerprint density at radius 2 is 1.87 bits per heavy atom. The van der Waals surface area contributed by atoms with Gasteiger partial charge < -0.3 is 0 Å². The Hall–Kier alpha value is -0.730. The first-order valence-corrected chi connectivity index (χ1v) is 6.95. The SMILES string of the molecule is N#Cc1c(-c2ccc(Cl)cc2)ssc1=S. The summed E-state index contributed by atoms with van der Waals surface area (Å²) in [4.78, 5) is 0.934. The minimum Gasteiger partial charge on any atom is -0.192 e. The Bertz CT molecular complexity index is 574. The summed E-state index contributed by atoms with van der Waals surface area (Å²) in [6.07, 6.45) is 0. The van der Waals surface area contributed by atoms with Crippen molar-refractivity contribution in [1.29, 1.82) is 5.26 Å². The van der Waals surface area contributed by atoms with Crippen LogP contribution < -0.4 is 0 Å². The Morgan fingerprint density at radius 3 is 2.47 bits per heavy atom. The van der Waals surface area contributed by atoms with Gasteiger partial charge in [-0.3, -0.25) is 0 Å². The van der Waals surface area contributed by atoms with Crippen molar-refractivity contribution in [2.75, 3.05) is 0 Å². The van der Waals surface area contributed by atoms with Crippen molar-refractivity contribution in [3.63, 3.8) is 0 Å². The second-order valence-electron chi connectivity index (χ2n) is 2.78. The van der Waals surface area contributed by atoms with E-state index in [4.69, 9.17) is 29.1 Å². The van der Waals surface area contributed by atoms with E-state index >= 15 is 0 Å². The van der Waals surface area contributed by atoms with Crippen LogP contribution in [0.25, 0.3) is 10.4 Å². The summed E-state index contributed by atoms with van der Waals surface area (Å²) < 4.78 is 0.660. The molecular formula is C10H4ClNS3.